The van der Waals surface area contributed by atoms with Crippen molar-refractivity contribution in [3.05, 3.63) is 24.3 Å². The second-order valence-electron chi connectivity index (χ2n) is 1.26. The molecule has 0 saturated heterocycles. The van der Waals surface area contributed by atoms with Gasteiger partial charge < -0.3 is 23.0 Å². The molecule has 0 aromatic carbocycles. The molecule has 0 aromatic rings. The predicted molar refractivity (Wildman–Crippen MR) is 33.3 cm³/mol. The minimum absolute atomic E-state index is 0. The smallest absolute Gasteiger partial charge is 0.219 e. The first-order valence-electron chi connectivity index (χ1n) is 2.48. The average Bonchev–Trinajstić information content (AvgIpc) is 1.89. The topological polar surface area (TPSA) is 26.3 Å². The van der Waals surface area contributed by atoms with E-state index in [0.717, 1.165) is 0 Å². The van der Waals surface area contributed by atoms with Gasteiger partial charge in [0.05, 0.1) is 7.11 Å². The van der Waals surface area contributed by atoms with Crippen molar-refractivity contribution < 1.29 is 42.2 Å². The Labute approximate surface area is 86.2 Å². The summed E-state index contributed by atoms with van der Waals surface area (Å²) in [5.74, 6) is -0.471. The Balaban J connectivity index is 0. The maximum atomic E-state index is 10.3. The molecule has 0 amide bonds. The van der Waals surface area contributed by atoms with E-state index in [1.807, 2.05) is 0 Å². The fraction of sp³-hybridized carbons (Fsp3) is 0.286. The van der Waals surface area contributed by atoms with Crippen molar-refractivity contribution in [2.45, 2.75) is 6.92 Å². The largest absolute Gasteiger partial charge is 0.481 e. The van der Waals surface area contributed by atoms with Crippen molar-refractivity contribution in [3.63, 3.8) is 0 Å². The summed E-state index contributed by atoms with van der Waals surface area (Å²) < 4.78 is 4.27. The number of allylic oxidation sites excluding steroid dienone is 3. The molecule has 2 nitrogen and oxygen atoms in total. The van der Waals surface area contributed by atoms with Gasteiger partial charge in [0.2, 0.25) is 5.97 Å². The van der Waals surface area contributed by atoms with E-state index in [1.54, 1.807) is 13.0 Å². The summed E-state index contributed by atoms with van der Waals surface area (Å²) in [6.07, 6.45) is 8.06. The Hall–Kier alpha value is 0.0539. The van der Waals surface area contributed by atoms with Gasteiger partial charge in [-0.3, -0.25) is 10.9 Å². The molecule has 1 radical (unpaired) electrons. The molecule has 0 saturated carbocycles. The molecule has 0 aliphatic heterocycles. The molecule has 0 atom stereocenters. The van der Waals surface area contributed by atoms with Gasteiger partial charge in [0.25, 0.3) is 0 Å². The summed E-state index contributed by atoms with van der Waals surface area (Å²) >= 11 is 0. The van der Waals surface area contributed by atoms with E-state index in [4.69, 9.17) is 0 Å². The molecule has 0 heterocycles. The minimum atomic E-state index is -0.471. The minimum Gasteiger partial charge on any atom is -0.481 e. The van der Waals surface area contributed by atoms with Crippen molar-refractivity contribution in [1.82, 2.24) is 0 Å². The summed E-state index contributed by atoms with van der Waals surface area (Å²) in [5.41, 5.74) is 0. The van der Waals surface area contributed by atoms with E-state index < -0.39 is 5.97 Å². The zero-order valence-electron chi connectivity index (χ0n) is 6.05. The first-order valence-corrected chi connectivity index (χ1v) is 2.48. The van der Waals surface area contributed by atoms with E-state index in [2.05, 4.69) is 16.9 Å². The molecule has 0 unspecified atom stereocenters. The summed E-state index contributed by atoms with van der Waals surface area (Å²) in [5, 5.41) is 0. The van der Waals surface area contributed by atoms with E-state index in [-0.39, 0.29) is 32.7 Å². The summed E-state index contributed by atoms with van der Waals surface area (Å²) in [4.78, 5) is 10.3. The molecule has 3 heteroatoms. The van der Waals surface area contributed by atoms with E-state index in [1.165, 1.54) is 13.2 Å². The monoisotopic (exact) mass is 213 g/mol. The van der Waals surface area contributed by atoms with Crippen LogP contribution in [0.3, 0.4) is 0 Å². The first kappa shape index (κ1) is 12.7. The van der Waals surface area contributed by atoms with E-state index >= 15 is 0 Å². The molecule has 0 bridgehead atoms. The van der Waals surface area contributed by atoms with Crippen LogP contribution in [0.2, 0.25) is 0 Å². The van der Waals surface area contributed by atoms with Gasteiger partial charge in [0.1, 0.15) is 0 Å². The summed E-state index contributed by atoms with van der Waals surface area (Å²) in [7, 11) is 1.31. The number of rotatable bonds is 2. The third-order valence-electron chi connectivity index (χ3n) is 0.637. The molecule has 0 spiro atoms. The van der Waals surface area contributed by atoms with Gasteiger partial charge in [-0.1, -0.05) is 0 Å². The van der Waals surface area contributed by atoms with Crippen LogP contribution in [-0.4, -0.2) is 13.1 Å². The van der Waals surface area contributed by atoms with Crippen molar-refractivity contribution in [1.29, 1.82) is 0 Å². The average molecular weight is 213 g/mol. The van der Waals surface area contributed by atoms with Gasteiger partial charge in [-0.2, -0.15) is 0 Å². The SMILES string of the molecule is C[C-]=CC=[C-]C(=O)OC.[Y]. The van der Waals surface area contributed by atoms with E-state index in [9.17, 15) is 4.79 Å². The summed E-state index contributed by atoms with van der Waals surface area (Å²) in [6, 6.07) is 0. The second-order valence-corrected chi connectivity index (χ2v) is 1.26. The Morgan fingerprint density at radius 3 is 2.50 bits per heavy atom. The van der Waals surface area contributed by atoms with Gasteiger partial charge in [-0.05, 0) is 0 Å². The third-order valence-corrected chi connectivity index (χ3v) is 0.637. The van der Waals surface area contributed by atoms with Gasteiger partial charge in [0, 0.05) is 32.7 Å². The standard InChI is InChI=1S/C7H8O2.Y/c1-3-4-5-6-7(8)9-2;/h4-5H,1-2H3;/q-2;. The second kappa shape index (κ2) is 9.05. The van der Waals surface area contributed by atoms with Crippen LogP contribution in [0.25, 0.3) is 0 Å². The molecule has 0 fully saturated rings. The molecule has 0 aromatic heterocycles. The number of carbonyl (C=O) groups excluding carboxylic acids is 1. The van der Waals surface area contributed by atoms with Crippen LogP contribution in [0.15, 0.2) is 12.2 Å². The molecule has 53 valence electrons. The summed E-state index contributed by atoms with van der Waals surface area (Å²) in [6.45, 7) is 1.73. The van der Waals surface area contributed by atoms with Crippen LogP contribution >= 0.6 is 0 Å². The molecular formula is C7H8O2Y-2. The van der Waals surface area contributed by atoms with Crippen LogP contribution in [0.4, 0.5) is 0 Å². The number of hydrogen-bond acceptors (Lipinski definition) is 2. The molecule has 0 rings (SSSR count). The predicted octanol–water partition coefficient (Wildman–Crippen LogP) is 0.896. The number of methoxy groups -OCH3 is 1. The number of ether oxygens (including phenoxy) is 1. The normalized spacial score (nSPS) is 9.80. The maximum Gasteiger partial charge on any atom is 0.219 e. The van der Waals surface area contributed by atoms with Crippen LogP contribution in [0.1, 0.15) is 6.92 Å². The Kier molecular flexibility index (Phi) is 11.5. The molecule has 0 aliphatic carbocycles. The molecular weight excluding hydrogens is 205 g/mol. The maximum absolute atomic E-state index is 10.3. The van der Waals surface area contributed by atoms with Gasteiger partial charge in [-0.15, -0.1) is 6.92 Å². The van der Waals surface area contributed by atoms with Crippen LogP contribution in [0.5, 0.6) is 0 Å². The molecule has 10 heavy (non-hydrogen) atoms. The Morgan fingerprint density at radius 1 is 1.50 bits per heavy atom. The zero-order valence-corrected chi connectivity index (χ0v) is 8.89. The van der Waals surface area contributed by atoms with E-state index in [0.29, 0.717) is 0 Å². The van der Waals surface area contributed by atoms with Crippen molar-refractivity contribution in [2.24, 2.45) is 0 Å². The fourth-order valence-corrected chi connectivity index (χ4v) is 0.252. The molecule has 0 N–H and O–H groups in total. The Morgan fingerprint density at radius 2 is 2.10 bits per heavy atom. The van der Waals surface area contributed by atoms with Crippen molar-refractivity contribution in [3.8, 4) is 0 Å². The van der Waals surface area contributed by atoms with Crippen molar-refractivity contribution in [2.75, 3.05) is 7.11 Å². The van der Waals surface area contributed by atoms with Crippen LogP contribution in [0, 0.1) is 12.2 Å². The number of carbonyl (C=O) groups is 1. The number of esters is 1. The zero-order chi connectivity index (χ0) is 7.11. The van der Waals surface area contributed by atoms with Crippen LogP contribution < -0.4 is 0 Å². The first-order chi connectivity index (χ1) is 4.31. The number of hydrogen-bond donors (Lipinski definition) is 0. The third kappa shape index (κ3) is 8.05. The van der Waals surface area contributed by atoms with Gasteiger partial charge in [-0.25, -0.2) is 0 Å². The quantitative estimate of drug-likeness (QED) is 0.295. The van der Waals surface area contributed by atoms with Gasteiger partial charge >= 0.3 is 0 Å². The Bertz CT molecular complexity index is 139. The van der Waals surface area contributed by atoms with Crippen molar-refractivity contribution >= 4 is 5.97 Å². The molecule has 0 aliphatic rings. The van der Waals surface area contributed by atoms with Crippen LogP contribution in [-0.2, 0) is 42.2 Å². The van der Waals surface area contributed by atoms with Gasteiger partial charge in [0.15, 0.2) is 0 Å². The fourth-order valence-electron chi connectivity index (χ4n) is 0.252.